The molecule has 1 aromatic heterocycles. The lowest BCUT2D eigenvalue weighted by Gasteiger charge is -2.54. The molecule has 20 heavy (non-hydrogen) atoms. The summed E-state index contributed by atoms with van der Waals surface area (Å²) in [5.41, 5.74) is 0.755. The van der Waals surface area contributed by atoms with Crippen LogP contribution in [0.1, 0.15) is 42.6 Å². The number of rotatable bonds is 2. The first-order valence-electron chi connectivity index (χ1n) is 7.73. The predicted octanol–water partition coefficient (Wildman–Crippen LogP) is 3.34. The summed E-state index contributed by atoms with van der Waals surface area (Å²) < 4.78 is 2.87. The number of aryl methyl sites for hydroxylation is 1. The number of carbonyl (C=O) groups excluding carboxylic acids is 1. The van der Waals surface area contributed by atoms with Crippen molar-refractivity contribution in [1.82, 2.24) is 9.88 Å². The molecule has 1 heterocycles. The van der Waals surface area contributed by atoms with Gasteiger partial charge in [0.15, 0.2) is 0 Å². The van der Waals surface area contributed by atoms with Crippen LogP contribution in [0.5, 0.6) is 0 Å². The van der Waals surface area contributed by atoms with Gasteiger partial charge in [-0.2, -0.15) is 0 Å². The first kappa shape index (κ1) is 12.9. The van der Waals surface area contributed by atoms with E-state index in [4.69, 9.17) is 0 Å². The van der Waals surface area contributed by atoms with Crippen molar-refractivity contribution in [3.05, 3.63) is 22.4 Å². The lowest BCUT2D eigenvalue weighted by atomic mass is 9.54. The van der Waals surface area contributed by atoms with E-state index < -0.39 is 0 Å². The standard InChI is InChI=1S/C16H21BrN2O/c1-19-8-13(17)7-14(19)16(20)18-15-11-3-9-2-10(5-11)6-12(15)4-9/h7-12,15H,2-6H2,1H3,(H,18,20). The third kappa shape index (κ3) is 2.03. The molecular formula is C16H21BrN2O. The lowest BCUT2D eigenvalue weighted by molar-refractivity contribution is -0.0120. The Morgan fingerprint density at radius 2 is 1.80 bits per heavy atom. The van der Waals surface area contributed by atoms with Crippen LogP contribution in [0.4, 0.5) is 0 Å². The van der Waals surface area contributed by atoms with Gasteiger partial charge in [0.2, 0.25) is 0 Å². The summed E-state index contributed by atoms with van der Waals surface area (Å²) in [7, 11) is 1.93. The Hall–Kier alpha value is -0.770. The summed E-state index contributed by atoms with van der Waals surface area (Å²) in [6.45, 7) is 0. The van der Waals surface area contributed by atoms with E-state index >= 15 is 0 Å². The second-order valence-electron chi connectivity index (χ2n) is 7.08. The monoisotopic (exact) mass is 336 g/mol. The molecule has 0 spiro atoms. The molecule has 1 aromatic rings. The Balaban J connectivity index is 1.52. The topological polar surface area (TPSA) is 34.0 Å². The molecule has 0 aliphatic heterocycles. The van der Waals surface area contributed by atoms with E-state index in [1.54, 1.807) is 0 Å². The molecule has 108 valence electrons. The molecule has 1 amide bonds. The molecule has 4 fully saturated rings. The quantitative estimate of drug-likeness (QED) is 0.882. The van der Waals surface area contributed by atoms with Gasteiger partial charge in [-0.05, 0) is 77.8 Å². The molecule has 0 saturated heterocycles. The maximum absolute atomic E-state index is 12.5. The minimum Gasteiger partial charge on any atom is -0.347 e. The largest absolute Gasteiger partial charge is 0.347 e. The highest BCUT2D eigenvalue weighted by Gasteiger charge is 2.48. The molecule has 4 heteroatoms. The molecule has 4 bridgehead atoms. The van der Waals surface area contributed by atoms with Crippen LogP contribution >= 0.6 is 15.9 Å². The van der Waals surface area contributed by atoms with Gasteiger partial charge in [-0.3, -0.25) is 4.79 Å². The van der Waals surface area contributed by atoms with E-state index in [0.717, 1.165) is 33.8 Å². The Labute approximate surface area is 128 Å². The zero-order chi connectivity index (χ0) is 13.9. The molecule has 4 saturated carbocycles. The Morgan fingerprint density at radius 3 is 2.30 bits per heavy atom. The number of halogens is 1. The molecule has 3 nitrogen and oxygen atoms in total. The fourth-order valence-corrected chi connectivity index (χ4v) is 5.66. The van der Waals surface area contributed by atoms with Crippen molar-refractivity contribution in [2.24, 2.45) is 30.7 Å². The van der Waals surface area contributed by atoms with E-state index in [2.05, 4.69) is 21.2 Å². The van der Waals surface area contributed by atoms with E-state index in [1.807, 2.05) is 23.9 Å². The van der Waals surface area contributed by atoms with Gasteiger partial charge >= 0.3 is 0 Å². The van der Waals surface area contributed by atoms with Gasteiger partial charge in [0, 0.05) is 23.8 Å². The average Bonchev–Trinajstić information content (AvgIpc) is 2.72. The van der Waals surface area contributed by atoms with E-state index in [9.17, 15) is 4.79 Å². The van der Waals surface area contributed by atoms with E-state index in [1.165, 1.54) is 32.1 Å². The summed E-state index contributed by atoms with van der Waals surface area (Å²) in [5.74, 6) is 3.47. The maximum Gasteiger partial charge on any atom is 0.268 e. The number of hydrogen-bond donors (Lipinski definition) is 1. The third-order valence-corrected chi connectivity index (χ3v) is 6.16. The molecule has 0 unspecified atom stereocenters. The highest BCUT2D eigenvalue weighted by molar-refractivity contribution is 9.10. The number of amides is 1. The minimum absolute atomic E-state index is 0.0932. The normalized spacial score (nSPS) is 38.2. The highest BCUT2D eigenvalue weighted by atomic mass is 79.9. The second kappa shape index (κ2) is 4.62. The van der Waals surface area contributed by atoms with Crippen LogP contribution in [0.2, 0.25) is 0 Å². The number of hydrogen-bond acceptors (Lipinski definition) is 1. The van der Waals surface area contributed by atoms with E-state index in [-0.39, 0.29) is 5.91 Å². The van der Waals surface area contributed by atoms with Crippen molar-refractivity contribution >= 4 is 21.8 Å². The Kier molecular flexibility index (Phi) is 2.99. The van der Waals surface area contributed by atoms with Gasteiger partial charge in [0.05, 0.1) is 0 Å². The predicted molar refractivity (Wildman–Crippen MR) is 81.4 cm³/mol. The molecular weight excluding hydrogens is 316 g/mol. The summed E-state index contributed by atoms with van der Waals surface area (Å²) >= 11 is 3.44. The molecule has 5 rings (SSSR count). The van der Waals surface area contributed by atoms with Crippen LogP contribution in [0.15, 0.2) is 16.7 Å². The van der Waals surface area contributed by atoms with Crippen molar-refractivity contribution in [3.63, 3.8) is 0 Å². The smallest absolute Gasteiger partial charge is 0.268 e. The summed E-state index contributed by atoms with van der Waals surface area (Å²) in [4.78, 5) is 12.5. The zero-order valence-corrected chi connectivity index (χ0v) is 13.4. The number of nitrogens with zero attached hydrogens (tertiary/aromatic N) is 1. The molecule has 0 aromatic carbocycles. The Bertz CT molecular complexity index is 523. The van der Waals surface area contributed by atoms with Crippen molar-refractivity contribution in [2.45, 2.75) is 38.1 Å². The molecule has 4 aliphatic carbocycles. The lowest BCUT2D eigenvalue weighted by Crippen LogP contribution is -2.56. The third-order valence-electron chi connectivity index (χ3n) is 5.73. The van der Waals surface area contributed by atoms with Crippen molar-refractivity contribution in [1.29, 1.82) is 0 Å². The average molecular weight is 337 g/mol. The number of carbonyl (C=O) groups is 1. The zero-order valence-electron chi connectivity index (χ0n) is 11.8. The second-order valence-corrected chi connectivity index (χ2v) is 8.00. The fraction of sp³-hybridized carbons (Fsp3) is 0.688. The number of aromatic nitrogens is 1. The first-order valence-corrected chi connectivity index (χ1v) is 8.52. The van der Waals surface area contributed by atoms with Crippen molar-refractivity contribution in [2.75, 3.05) is 0 Å². The molecule has 0 radical (unpaired) electrons. The maximum atomic E-state index is 12.5. The minimum atomic E-state index is 0.0932. The molecule has 1 N–H and O–H groups in total. The van der Waals surface area contributed by atoms with Crippen molar-refractivity contribution < 1.29 is 4.79 Å². The van der Waals surface area contributed by atoms with Gasteiger partial charge in [-0.25, -0.2) is 0 Å². The van der Waals surface area contributed by atoms with Crippen molar-refractivity contribution in [3.8, 4) is 0 Å². The fourth-order valence-electron chi connectivity index (χ4n) is 5.14. The van der Waals surface area contributed by atoms with Crippen LogP contribution in [0.3, 0.4) is 0 Å². The van der Waals surface area contributed by atoms with Crippen LogP contribution in [0.25, 0.3) is 0 Å². The van der Waals surface area contributed by atoms with Gasteiger partial charge in [0.1, 0.15) is 5.69 Å². The van der Waals surface area contributed by atoms with Gasteiger partial charge < -0.3 is 9.88 Å². The van der Waals surface area contributed by atoms with Crippen LogP contribution < -0.4 is 5.32 Å². The van der Waals surface area contributed by atoms with Gasteiger partial charge in [0.25, 0.3) is 5.91 Å². The summed E-state index contributed by atoms with van der Waals surface area (Å²) in [5, 5.41) is 3.35. The van der Waals surface area contributed by atoms with Gasteiger partial charge in [-0.15, -0.1) is 0 Å². The summed E-state index contributed by atoms with van der Waals surface area (Å²) in [6, 6.07) is 2.33. The SMILES string of the molecule is Cn1cc(Br)cc1C(=O)NC1C2CC3CC(C2)CC1C3. The Morgan fingerprint density at radius 1 is 1.20 bits per heavy atom. The van der Waals surface area contributed by atoms with Gasteiger partial charge in [-0.1, -0.05) is 0 Å². The summed E-state index contributed by atoms with van der Waals surface area (Å²) in [6.07, 6.45) is 8.76. The molecule has 0 atom stereocenters. The highest BCUT2D eigenvalue weighted by Crippen LogP contribution is 2.53. The molecule has 4 aliphatic rings. The van der Waals surface area contributed by atoms with Crippen LogP contribution in [0, 0.1) is 23.7 Å². The van der Waals surface area contributed by atoms with Crippen LogP contribution in [-0.2, 0) is 7.05 Å². The first-order chi connectivity index (χ1) is 9.60. The number of nitrogens with one attached hydrogen (secondary N) is 1. The van der Waals surface area contributed by atoms with E-state index in [0.29, 0.717) is 6.04 Å². The van der Waals surface area contributed by atoms with Crippen LogP contribution in [-0.4, -0.2) is 16.5 Å².